The van der Waals surface area contributed by atoms with Gasteiger partial charge >= 0.3 is 0 Å². The molecule has 0 saturated carbocycles. The summed E-state index contributed by atoms with van der Waals surface area (Å²) in [6.07, 6.45) is 4.03. The number of hydrogen-bond acceptors (Lipinski definition) is 4. The van der Waals surface area contributed by atoms with Gasteiger partial charge in [-0.15, -0.1) is 0 Å². The van der Waals surface area contributed by atoms with Gasteiger partial charge in [-0.3, -0.25) is 4.79 Å². The van der Waals surface area contributed by atoms with Crippen LogP contribution in [0.2, 0.25) is 0 Å². The Morgan fingerprint density at radius 1 is 1.33 bits per heavy atom. The molecule has 5 nitrogen and oxygen atoms in total. The zero-order chi connectivity index (χ0) is 15.1. The topological polar surface area (TPSA) is 63.8 Å². The lowest BCUT2D eigenvalue weighted by atomic mass is 10.2. The summed E-state index contributed by atoms with van der Waals surface area (Å²) in [5, 5.41) is 3.92. The molecule has 110 valence electrons. The molecule has 0 radical (unpaired) electrons. The van der Waals surface area contributed by atoms with Gasteiger partial charge in [0.05, 0.1) is 24.6 Å². The van der Waals surface area contributed by atoms with Gasteiger partial charge in [-0.2, -0.15) is 5.10 Å². The third-order valence-electron chi connectivity index (χ3n) is 2.84. The maximum atomic E-state index is 11.8. The quantitative estimate of drug-likeness (QED) is 0.655. The number of hydrogen-bond donors (Lipinski definition) is 1. The van der Waals surface area contributed by atoms with Crippen molar-refractivity contribution in [3.8, 4) is 5.75 Å². The first-order chi connectivity index (χ1) is 10.2. The van der Waals surface area contributed by atoms with Crippen LogP contribution in [0.4, 0.5) is 0 Å². The second-order valence-corrected chi connectivity index (χ2v) is 4.51. The van der Waals surface area contributed by atoms with Gasteiger partial charge in [-0.25, -0.2) is 5.43 Å². The zero-order valence-electron chi connectivity index (χ0n) is 12.1. The fourth-order valence-electron chi connectivity index (χ4n) is 1.72. The van der Waals surface area contributed by atoms with Crippen LogP contribution in [-0.4, -0.2) is 18.7 Å². The lowest BCUT2D eigenvalue weighted by Gasteiger charge is -2.03. The van der Waals surface area contributed by atoms with Gasteiger partial charge < -0.3 is 9.15 Å². The van der Waals surface area contributed by atoms with E-state index in [0.717, 1.165) is 17.7 Å². The van der Waals surface area contributed by atoms with E-state index in [9.17, 15) is 4.79 Å². The number of rotatable bonds is 6. The van der Waals surface area contributed by atoms with Gasteiger partial charge in [0.2, 0.25) is 0 Å². The summed E-state index contributed by atoms with van der Waals surface area (Å²) in [4.78, 5) is 11.8. The van der Waals surface area contributed by atoms with E-state index < -0.39 is 0 Å². The van der Waals surface area contributed by atoms with Crippen LogP contribution in [0, 0.1) is 6.92 Å². The Morgan fingerprint density at radius 3 is 2.71 bits per heavy atom. The molecule has 0 saturated heterocycles. The van der Waals surface area contributed by atoms with E-state index in [-0.39, 0.29) is 5.91 Å². The van der Waals surface area contributed by atoms with E-state index in [1.807, 2.05) is 24.3 Å². The number of hydrazone groups is 1. The van der Waals surface area contributed by atoms with Crippen molar-refractivity contribution in [3.05, 3.63) is 53.5 Å². The Balaban J connectivity index is 1.89. The Hall–Kier alpha value is -2.56. The summed E-state index contributed by atoms with van der Waals surface area (Å²) in [7, 11) is 0. The summed E-state index contributed by atoms with van der Waals surface area (Å²) < 4.78 is 10.6. The number of nitrogens with zero attached hydrogens (tertiary/aromatic N) is 1. The standard InChI is InChI=1S/C16H18N2O3/c1-3-9-21-14-6-4-13(5-7-14)11-17-18-16(19)15-8-10-20-12(15)2/h4-8,10-11H,3,9H2,1-2H3,(H,18,19)/b17-11-. The predicted octanol–water partition coefficient (Wildman–Crippen LogP) is 3.14. The molecular formula is C16H18N2O3. The van der Waals surface area contributed by atoms with Gasteiger partial charge in [-0.1, -0.05) is 6.92 Å². The van der Waals surface area contributed by atoms with Gasteiger partial charge in [0.1, 0.15) is 11.5 Å². The van der Waals surface area contributed by atoms with E-state index in [0.29, 0.717) is 17.9 Å². The molecule has 1 N–H and O–H groups in total. The molecule has 0 unspecified atom stereocenters. The SMILES string of the molecule is CCCOc1ccc(/C=N\NC(=O)c2ccoc2C)cc1. The molecule has 0 aliphatic carbocycles. The average molecular weight is 286 g/mol. The minimum Gasteiger partial charge on any atom is -0.494 e. The molecule has 0 bridgehead atoms. The summed E-state index contributed by atoms with van der Waals surface area (Å²) in [5.41, 5.74) is 3.82. The molecule has 0 aliphatic rings. The van der Waals surface area contributed by atoms with Crippen LogP contribution in [0.1, 0.15) is 35.0 Å². The number of benzene rings is 1. The number of carbonyl (C=O) groups excluding carboxylic acids is 1. The van der Waals surface area contributed by atoms with Crippen molar-refractivity contribution in [1.29, 1.82) is 0 Å². The van der Waals surface area contributed by atoms with Gasteiger partial charge in [-0.05, 0) is 49.2 Å². The van der Waals surface area contributed by atoms with E-state index in [2.05, 4.69) is 17.5 Å². The van der Waals surface area contributed by atoms with Crippen molar-refractivity contribution >= 4 is 12.1 Å². The number of furan rings is 1. The second-order valence-electron chi connectivity index (χ2n) is 4.51. The first-order valence-corrected chi connectivity index (χ1v) is 6.81. The van der Waals surface area contributed by atoms with Crippen molar-refractivity contribution in [2.24, 2.45) is 5.10 Å². The molecule has 0 fully saturated rings. The van der Waals surface area contributed by atoms with E-state index in [4.69, 9.17) is 9.15 Å². The minimum absolute atomic E-state index is 0.291. The molecular weight excluding hydrogens is 268 g/mol. The first-order valence-electron chi connectivity index (χ1n) is 6.81. The minimum atomic E-state index is -0.291. The maximum Gasteiger partial charge on any atom is 0.274 e. The van der Waals surface area contributed by atoms with E-state index in [1.54, 1.807) is 19.2 Å². The fourth-order valence-corrected chi connectivity index (χ4v) is 1.72. The molecule has 0 aliphatic heterocycles. The highest BCUT2D eigenvalue weighted by molar-refractivity contribution is 5.95. The summed E-state index contributed by atoms with van der Waals surface area (Å²) in [6, 6.07) is 9.12. The summed E-state index contributed by atoms with van der Waals surface area (Å²) >= 11 is 0. The highest BCUT2D eigenvalue weighted by Gasteiger charge is 2.09. The summed E-state index contributed by atoms with van der Waals surface area (Å²) in [5.74, 6) is 1.10. The van der Waals surface area contributed by atoms with Crippen LogP contribution < -0.4 is 10.2 Å². The Bertz CT molecular complexity index is 615. The van der Waals surface area contributed by atoms with Crippen molar-refractivity contribution in [1.82, 2.24) is 5.43 Å². The van der Waals surface area contributed by atoms with Crippen LogP contribution in [0.5, 0.6) is 5.75 Å². The smallest absolute Gasteiger partial charge is 0.274 e. The van der Waals surface area contributed by atoms with Crippen LogP contribution in [0.3, 0.4) is 0 Å². The third-order valence-corrected chi connectivity index (χ3v) is 2.84. The van der Waals surface area contributed by atoms with E-state index >= 15 is 0 Å². The number of aryl methyl sites for hydroxylation is 1. The Labute approximate surface area is 123 Å². The monoisotopic (exact) mass is 286 g/mol. The number of nitrogens with one attached hydrogen (secondary N) is 1. The van der Waals surface area contributed by atoms with Gasteiger partial charge in [0, 0.05) is 0 Å². The van der Waals surface area contributed by atoms with Crippen LogP contribution in [-0.2, 0) is 0 Å². The normalized spacial score (nSPS) is 10.8. The molecule has 0 spiro atoms. The lowest BCUT2D eigenvalue weighted by Crippen LogP contribution is -2.17. The van der Waals surface area contributed by atoms with Gasteiger partial charge in [0.15, 0.2) is 0 Å². The molecule has 21 heavy (non-hydrogen) atoms. The summed E-state index contributed by atoms with van der Waals surface area (Å²) in [6.45, 7) is 4.49. The van der Waals surface area contributed by atoms with Crippen molar-refractivity contribution in [3.63, 3.8) is 0 Å². The first kappa shape index (κ1) is 14.8. The maximum absolute atomic E-state index is 11.8. The molecule has 2 rings (SSSR count). The molecule has 2 aromatic rings. The second kappa shape index (κ2) is 7.28. The highest BCUT2D eigenvalue weighted by Crippen LogP contribution is 2.11. The number of ether oxygens (including phenoxy) is 1. The van der Waals surface area contributed by atoms with Crippen molar-refractivity contribution in [2.75, 3.05) is 6.61 Å². The Kier molecular flexibility index (Phi) is 5.15. The molecule has 1 amide bonds. The number of carbonyl (C=O) groups is 1. The van der Waals surface area contributed by atoms with Gasteiger partial charge in [0.25, 0.3) is 5.91 Å². The molecule has 1 aromatic carbocycles. The lowest BCUT2D eigenvalue weighted by molar-refractivity contribution is 0.0953. The molecule has 1 aromatic heterocycles. The van der Waals surface area contributed by atoms with Crippen molar-refractivity contribution < 1.29 is 13.9 Å². The van der Waals surface area contributed by atoms with Crippen LogP contribution >= 0.6 is 0 Å². The molecule has 1 heterocycles. The zero-order valence-corrected chi connectivity index (χ0v) is 12.1. The largest absolute Gasteiger partial charge is 0.494 e. The highest BCUT2D eigenvalue weighted by atomic mass is 16.5. The van der Waals surface area contributed by atoms with Crippen LogP contribution in [0.25, 0.3) is 0 Å². The predicted molar refractivity (Wildman–Crippen MR) is 80.7 cm³/mol. The molecule has 0 atom stereocenters. The Morgan fingerprint density at radius 2 is 2.10 bits per heavy atom. The fraction of sp³-hybridized carbons (Fsp3) is 0.250. The third kappa shape index (κ3) is 4.21. The van der Waals surface area contributed by atoms with Crippen molar-refractivity contribution in [2.45, 2.75) is 20.3 Å². The average Bonchev–Trinajstić information content (AvgIpc) is 2.92. The molecule has 5 heteroatoms. The van der Waals surface area contributed by atoms with E-state index in [1.165, 1.54) is 6.26 Å². The number of amides is 1. The van der Waals surface area contributed by atoms with Crippen LogP contribution in [0.15, 0.2) is 46.1 Å².